The lowest BCUT2D eigenvalue weighted by Gasteiger charge is -2.23. The number of hydrogen-bond donors (Lipinski definition) is 2. The van der Waals surface area contributed by atoms with Gasteiger partial charge in [-0.05, 0) is 44.5 Å². The van der Waals surface area contributed by atoms with Gasteiger partial charge in [-0.15, -0.1) is 0 Å². The van der Waals surface area contributed by atoms with Crippen molar-refractivity contribution >= 4 is 15.9 Å². The molecule has 0 aliphatic heterocycles. The first-order valence-electron chi connectivity index (χ1n) is 5.69. The smallest absolute Gasteiger partial charge is 0.127 e. The zero-order valence-corrected chi connectivity index (χ0v) is 12.7. The standard InChI is InChI=1S/C13H21BrN2O/c1-7-8(2)13(17-5)11(9(3)12(7)14)10(15)6-16-4/h10,16H,6,15H2,1-5H3. The van der Waals surface area contributed by atoms with E-state index in [0.717, 1.165) is 33.5 Å². The van der Waals surface area contributed by atoms with Gasteiger partial charge in [-0.2, -0.15) is 0 Å². The second-order valence-electron chi connectivity index (χ2n) is 4.30. The molecule has 3 N–H and O–H groups in total. The summed E-state index contributed by atoms with van der Waals surface area (Å²) in [6.07, 6.45) is 0. The van der Waals surface area contributed by atoms with Crippen molar-refractivity contribution in [2.45, 2.75) is 26.8 Å². The lowest BCUT2D eigenvalue weighted by molar-refractivity contribution is 0.400. The molecule has 1 atom stereocenters. The Hall–Kier alpha value is -0.580. The summed E-state index contributed by atoms with van der Waals surface area (Å²) in [6, 6.07) is -0.0643. The molecule has 0 aromatic heterocycles. The fourth-order valence-electron chi connectivity index (χ4n) is 2.14. The Bertz CT molecular complexity index is 419. The highest BCUT2D eigenvalue weighted by Crippen LogP contribution is 2.38. The Labute approximate surface area is 112 Å². The van der Waals surface area contributed by atoms with Gasteiger partial charge < -0.3 is 15.8 Å². The number of methoxy groups -OCH3 is 1. The highest BCUT2D eigenvalue weighted by molar-refractivity contribution is 9.10. The maximum absolute atomic E-state index is 6.21. The summed E-state index contributed by atoms with van der Waals surface area (Å²) in [5, 5.41) is 3.10. The SMILES string of the molecule is CNCC(N)c1c(C)c(Br)c(C)c(C)c1OC. The number of hydrogen-bond acceptors (Lipinski definition) is 3. The van der Waals surface area contributed by atoms with Gasteiger partial charge in [0.05, 0.1) is 7.11 Å². The summed E-state index contributed by atoms with van der Waals surface area (Å²) >= 11 is 3.63. The van der Waals surface area contributed by atoms with E-state index in [1.807, 2.05) is 7.05 Å². The Morgan fingerprint density at radius 1 is 1.24 bits per heavy atom. The fraction of sp³-hybridized carbons (Fsp3) is 0.538. The van der Waals surface area contributed by atoms with E-state index in [0.29, 0.717) is 0 Å². The molecular formula is C13H21BrN2O. The first kappa shape index (κ1) is 14.5. The zero-order chi connectivity index (χ0) is 13.2. The van der Waals surface area contributed by atoms with Gasteiger partial charge in [0.1, 0.15) is 5.75 Å². The summed E-state index contributed by atoms with van der Waals surface area (Å²) in [6.45, 7) is 6.95. The lowest BCUT2D eigenvalue weighted by Crippen LogP contribution is -2.25. The molecule has 0 aliphatic rings. The molecule has 0 amide bonds. The van der Waals surface area contributed by atoms with E-state index in [1.54, 1.807) is 7.11 Å². The molecular weight excluding hydrogens is 280 g/mol. The van der Waals surface area contributed by atoms with Crippen LogP contribution in [0.15, 0.2) is 4.47 Å². The Kier molecular flexibility index (Phi) is 4.98. The average Bonchev–Trinajstić information content (AvgIpc) is 2.31. The zero-order valence-electron chi connectivity index (χ0n) is 11.1. The van der Waals surface area contributed by atoms with Crippen molar-refractivity contribution in [1.82, 2.24) is 5.32 Å². The molecule has 4 heteroatoms. The van der Waals surface area contributed by atoms with E-state index >= 15 is 0 Å². The summed E-state index contributed by atoms with van der Waals surface area (Å²) in [5.41, 5.74) is 10.8. The van der Waals surface area contributed by atoms with Crippen molar-refractivity contribution in [2.75, 3.05) is 20.7 Å². The summed E-state index contributed by atoms with van der Waals surface area (Å²) in [5.74, 6) is 0.908. The Morgan fingerprint density at radius 2 is 1.82 bits per heavy atom. The molecule has 0 saturated carbocycles. The second kappa shape index (κ2) is 5.85. The van der Waals surface area contributed by atoms with E-state index in [1.165, 1.54) is 5.56 Å². The van der Waals surface area contributed by atoms with Crippen molar-refractivity contribution in [3.05, 3.63) is 26.7 Å². The topological polar surface area (TPSA) is 47.3 Å². The molecule has 17 heavy (non-hydrogen) atoms. The molecule has 1 aromatic rings. The summed E-state index contributed by atoms with van der Waals surface area (Å²) in [4.78, 5) is 0. The average molecular weight is 301 g/mol. The highest BCUT2D eigenvalue weighted by Gasteiger charge is 2.20. The van der Waals surface area contributed by atoms with Crippen molar-refractivity contribution in [3.8, 4) is 5.75 Å². The van der Waals surface area contributed by atoms with Crippen LogP contribution < -0.4 is 15.8 Å². The molecule has 0 spiro atoms. The molecule has 0 heterocycles. The third-order valence-corrected chi connectivity index (χ3v) is 4.40. The van der Waals surface area contributed by atoms with E-state index in [4.69, 9.17) is 10.5 Å². The first-order chi connectivity index (χ1) is 7.95. The maximum atomic E-state index is 6.21. The minimum absolute atomic E-state index is 0.0643. The van der Waals surface area contributed by atoms with Crippen LogP contribution in [0, 0.1) is 20.8 Å². The lowest BCUT2D eigenvalue weighted by atomic mass is 9.94. The highest BCUT2D eigenvalue weighted by atomic mass is 79.9. The van der Waals surface area contributed by atoms with Crippen molar-refractivity contribution in [1.29, 1.82) is 0 Å². The molecule has 0 saturated heterocycles. The largest absolute Gasteiger partial charge is 0.496 e. The van der Waals surface area contributed by atoms with E-state index in [2.05, 4.69) is 42.0 Å². The van der Waals surface area contributed by atoms with Crippen LogP contribution in [0.5, 0.6) is 5.75 Å². The van der Waals surface area contributed by atoms with Gasteiger partial charge in [0, 0.05) is 22.6 Å². The first-order valence-corrected chi connectivity index (χ1v) is 6.48. The fourth-order valence-corrected chi connectivity index (χ4v) is 2.65. The van der Waals surface area contributed by atoms with Crippen molar-refractivity contribution in [3.63, 3.8) is 0 Å². The second-order valence-corrected chi connectivity index (χ2v) is 5.09. The number of likely N-dealkylation sites (N-methyl/N-ethyl adjacent to an activating group) is 1. The molecule has 1 aromatic carbocycles. The monoisotopic (exact) mass is 300 g/mol. The number of benzene rings is 1. The van der Waals surface area contributed by atoms with Crippen LogP contribution in [0.1, 0.15) is 28.3 Å². The van der Waals surface area contributed by atoms with Gasteiger partial charge in [-0.1, -0.05) is 15.9 Å². The number of halogens is 1. The van der Waals surface area contributed by atoms with E-state index in [9.17, 15) is 0 Å². The van der Waals surface area contributed by atoms with Crippen LogP contribution in [-0.4, -0.2) is 20.7 Å². The quantitative estimate of drug-likeness (QED) is 0.898. The van der Waals surface area contributed by atoms with Gasteiger partial charge in [-0.3, -0.25) is 0 Å². The van der Waals surface area contributed by atoms with Gasteiger partial charge in [0.2, 0.25) is 0 Å². The molecule has 3 nitrogen and oxygen atoms in total. The van der Waals surface area contributed by atoms with Crippen molar-refractivity contribution < 1.29 is 4.74 Å². The van der Waals surface area contributed by atoms with Crippen molar-refractivity contribution in [2.24, 2.45) is 5.73 Å². The van der Waals surface area contributed by atoms with Gasteiger partial charge in [-0.25, -0.2) is 0 Å². The van der Waals surface area contributed by atoms with E-state index < -0.39 is 0 Å². The third kappa shape index (κ3) is 2.64. The van der Waals surface area contributed by atoms with Crippen LogP contribution >= 0.6 is 15.9 Å². The summed E-state index contributed by atoms with van der Waals surface area (Å²) in [7, 11) is 3.60. The number of rotatable bonds is 4. The molecule has 0 fully saturated rings. The molecule has 1 unspecified atom stereocenters. The van der Waals surface area contributed by atoms with Gasteiger partial charge in [0.25, 0.3) is 0 Å². The van der Waals surface area contributed by atoms with Crippen LogP contribution in [-0.2, 0) is 0 Å². The number of nitrogens with one attached hydrogen (secondary N) is 1. The van der Waals surface area contributed by atoms with Crippen LogP contribution in [0.3, 0.4) is 0 Å². The predicted molar refractivity (Wildman–Crippen MR) is 75.8 cm³/mol. The third-order valence-electron chi connectivity index (χ3n) is 3.21. The molecule has 0 bridgehead atoms. The Balaban J connectivity index is 3.46. The van der Waals surface area contributed by atoms with Gasteiger partial charge in [0.15, 0.2) is 0 Å². The van der Waals surface area contributed by atoms with Gasteiger partial charge >= 0.3 is 0 Å². The minimum Gasteiger partial charge on any atom is -0.496 e. The molecule has 96 valence electrons. The maximum Gasteiger partial charge on any atom is 0.127 e. The van der Waals surface area contributed by atoms with E-state index in [-0.39, 0.29) is 6.04 Å². The molecule has 0 radical (unpaired) electrons. The molecule has 0 aliphatic carbocycles. The predicted octanol–water partition coefficient (Wildman–Crippen LogP) is 2.60. The van der Waals surface area contributed by atoms with Crippen LogP contribution in [0.2, 0.25) is 0 Å². The summed E-state index contributed by atoms with van der Waals surface area (Å²) < 4.78 is 6.65. The normalized spacial score (nSPS) is 12.6. The number of ether oxygens (including phenoxy) is 1. The number of nitrogens with two attached hydrogens (primary N) is 1. The Morgan fingerprint density at radius 3 is 2.29 bits per heavy atom. The minimum atomic E-state index is -0.0643. The van der Waals surface area contributed by atoms with Crippen LogP contribution in [0.4, 0.5) is 0 Å². The molecule has 1 rings (SSSR count). The van der Waals surface area contributed by atoms with Crippen LogP contribution in [0.25, 0.3) is 0 Å².